The molecule has 21 heavy (non-hydrogen) atoms. The van der Waals surface area contributed by atoms with E-state index in [1.807, 2.05) is 22.6 Å². The summed E-state index contributed by atoms with van der Waals surface area (Å²) in [5.74, 6) is 0. The summed E-state index contributed by atoms with van der Waals surface area (Å²) in [6, 6.07) is 0. The van der Waals surface area contributed by atoms with Crippen LogP contribution in [0.1, 0.15) is 71.1 Å². The molecule has 5 heteroatoms. The first-order valence-electron chi connectivity index (χ1n) is 8.14. The Labute approximate surface area is 140 Å². The zero-order valence-electron chi connectivity index (χ0n) is 13.0. The smallest absolute Gasteiger partial charge is 0.300 e. The number of unbranched alkanes of at least 4 members (excludes halogenated alkanes) is 9. The van der Waals surface area contributed by atoms with E-state index in [9.17, 15) is 9.59 Å². The second-order valence-electron chi connectivity index (χ2n) is 5.61. The molecule has 0 aliphatic carbocycles. The van der Waals surface area contributed by atoms with Crippen molar-refractivity contribution in [2.45, 2.75) is 77.7 Å². The number of aryl methyl sites for hydroxylation is 1. The van der Waals surface area contributed by atoms with Gasteiger partial charge in [-0.1, -0.05) is 64.7 Å². The summed E-state index contributed by atoms with van der Waals surface area (Å²) in [4.78, 5) is 25.2. The van der Waals surface area contributed by atoms with Crippen molar-refractivity contribution in [1.82, 2.24) is 9.55 Å². The van der Waals surface area contributed by atoms with Gasteiger partial charge in [0, 0.05) is 12.7 Å². The van der Waals surface area contributed by atoms with Crippen LogP contribution in [0.2, 0.25) is 0 Å². The normalized spacial score (nSPS) is 11.0. The molecular formula is C16H27IN2O2. The highest BCUT2D eigenvalue weighted by Crippen LogP contribution is 2.10. The van der Waals surface area contributed by atoms with Gasteiger partial charge >= 0.3 is 5.69 Å². The van der Waals surface area contributed by atoms with Crippen LogP contribution in [-0.2, 0) is 6.54 Å². The highest BCUT2D eigenvalue weighted by molar-refractivity contribution is 14.1. The second-order valence-corrected chi connectivity index (χ2v) is 6.77. The Morgan fingerprint density at radius 1 is 0.952 bits per heavy atom. The molecule has 0 bridgehead atoms. The van der Waals surface area contributed by atoms with Crippen molar-refractivity contribution in [3.63, 3.8) is 0 Å². The summed E-state index contributed by atoms with van der Waals surface area (Å²) in [5.41, 5.74) is -0.587. The van der Waals surface area contributed by atoms with Gasteiger partial charge in [0.25, 0.3) is 5.56 Å². The standard InChI is InChI=1S/C16H27IN2O2/c1-2-3-4-5-6-7-8-9-10-11-12-19-13-14(17)15(20)18-16(19)21/h13H,2-12H2,1H3,(H,18,20,21). The van der Waals surface area contributed by atoms with E-state index in [0.29, 0.717) is 10.1 Å². The van der Waals surface area contributed by atoms with Crippen LogP contribution in [0, 0.1) is 3.57 Å². The highest BCUT2D eigenvalue weighted by atomic mass is 127. The number of hydrogen-bond donors (Lipinski definition) is 1. The molecule has 0 aromatic carbocycles. The molecule has 0 spiro atoms. The SMILES string of the molecule is CCCCCCCCCCCCn1cc(I)c(=O)[nH]c1=O. The molecule has 0 fully saturated rings. The van der Waals surface area contributed by atoms with Gasteiger partial charge in [-0.05, 0) is 29.0 Å². The van der Waals surface area contributed by atoms with Crippen molar-refractivity contribution in [3.05, 3.63) is 30.6 Å². The van der Waals surface area contributed by atoms with Crippen LogP contribution < -0.4 is 11.2 Å². The number of nitrogens with one attached hydrogen (secondary N) is 1. The van der Waals surface area contributed by atoms with Crippen LogP contribution in [-0.4, -0.2) is 9.55 Å². The summed E-state index contributed by atoms with van der Waals surface area (Å²) in [5, 5.41) is 0. The van der Waals surface area contributed by atoms with Crippen LogP contribution >= 0.6 is 22.6 Å². The van der Waals surface area contributed by atoms with E-state index in [1.54, 1.807) is 10.8 Å². The number of rotatable bonds is 11. The number of H-pyrrole nitrogens is 1. The number of hydrogen-bond acceptors (Lipinski definition) is 2. The summed E-state index contributed by atoms with van der Waals surface area (Å²) in [7, 11) is 0. The third-order valence-corrected chi connectivity index (χ3v) is 4.49. The first kappa shape index (κ1) is 18.5. The molecular weight excluding hydrogens is 379 g/mol. The molecule has 0 aliphatic heterocycles. The van der Waals surface area contributed by atoms with Crippen LogP contribution in [0.5, 0.6) is 0 Å². The third-order valence-electron chi connectivity index (χ3n) is 3.72. The van der Waals surface area contributed by atoms with E-state index < -0.39 is 0 Å². The zero-order chi connectivity index (χ0) is 15.5. The molecule has 0 saturated carbocycles. The predicted molar refractivity (Wildman–Crippen MR) is 95.9 cm³/mol. The molecule has 1 N–H and O–H groups in total. The topological polar surface area (TPSA) is 54.9 Å². The van der Waals surface area contributed by atoms with Crippen LogP contribution in [0.25, 0.3) is 0 Å². The van der Waals surface area contributed by atoms with E-state index in [1.165, 1.54) is 51.4 Å². The maximum atomic E-state index is 11.6. The van der Waals surface area contributed by atoms with Crippen LogP contribution in [0.3, 0.4) is 0 Å². The Morgan fingerprint density at radius 2 is 1.48 bits per heavy atom. The molecule has 0 amide bonds. The molecule has 0 aliphatic rings. The first-order valence-corrected chi connectivity index (χ1v) is 9.22. The fourth-order valence-electron chi connectivity index (χ4n) is 2.42. The first-order chi connectivity index (χ1) is 10.1. The molecule has 120 valence electrons. The van der Waals surface area contributed by atoms with Crippen LogP contribution in [0.4, 0.5) is 0 Å². The van der Waals surface area contributed by atoms with Crippen molar-refractivity contribution in [2.75, 3.05) is 0 Å². The Kier molecular flexibility index (Phi) is 9.70. The number of halogens is 1. The van der Waals surface area contributed by atoms with E-state index in [0.717, 1.165) is 12.8 Å². The Balaban J connectivity index is 2.08. The quantitative estimate of drug-likeness (QED) is 0.445. The Hall–Kier alpha value is -0.590. The van der Waals surface area contributed by atoms with E-state index in [4.69, 9.17) is 0 Å². The third kappa shape index (κ3) is 7.83. The molecule has 1 aromatic heterocycles. The minimum Gasteiger partial charge on any atom is -0.300 e. The summed E-state index contributed by atoms with van der Waals surface area (Å²) >= 11 is 1.96. The molecule has 1 heterocycles. The lowest BCUT2D eigenvalue weighted by molar-refractivity contribution is 0.525. The highest BCUT2D eigenvalue weighted by Gasteiger charge is 2.01. The Morgan fingerprint density at radius 3 is 2.05 bits per heavy atom. The van der Waals surface area contributed by atoms with Gasteiger partial charge in [-0.3, -0.25) is 14.3 Å². The van der Waals surface area contributed by atoms with Gasteiger partial charge in [0.05, 0.1) is 3.57 Å². The lowest BCUT2D eigenvalue weighted by atomic mass is 10.1. The zero-order valence-corrected chi connectivity index (χ0v) is 15.2. The van der Waals surface area contributed by atoms with Crippen molar-refractivity contribution in [2.24, 2.45) is 0 Å². The van der Waals surface area contributed by atoms with E-state index in [2.05, 4.69) is 11.9 Å². The van der Waals surface area contributed by atoms with Crippen molar-refractivity contribution in [1.29, 1.82) is 0 Å². The van der Waals surface area contributed by atoms with Crippen LogP contribution in [0.15, 0.2) is 15.8 Å². The van der Waals surface area contributed by atoms with Gasteiger partial charge in [0.1, 0.15) is 0 Å². The molecule has 0 unspecified atom stereocenters. The summed E-state index contributed by atoms with van der Waals surface area (Å²) in [6.07, 6.45) is 14.5. The average Bonchev–Trinajstić information content (AvgIpc) is 2.46. The van der Waals surface area contributed by atoms with Gasteiger partial charge in [-0.2, -0.15) is 0 Å². The molecule has 0 saturated heterocycles. The molecule has 0 radical (unpaired) electrons. The minimum absolute atomic E-state index is 0.292. The fraction of sp³-hybridized carbons (Fsp3) is 0.750. The van der Waals surface area contributed by atoms with Gasteiger partial charge in [-0.15, -0.1) is 0 Å². The van der Waals surface area contributed by atoms with Crippen molar-refractivity contribution >= 4 is 22.6 Å². The lowest BCUT2D eigenvalue weighted by Gasteiger charge is -2.05. The monoisotopic (exact) mass is 406 g/mol. The number of aromatic nitrogens is 2. The minimum atomic E-state index is -0.295. The van der Waals surface area contributed by atoms with Gasteiger partial charge in [0.15, 0.2) is 0 Å². The maximum Gasteiger partial charge on any atom is 0.328 e. The molecule has 1 rings (SSSR count). The van der Waals surface area contributed by atoms with Gasteiger partial charge in [0.2, 0.25) is 0 Å². The molecule has 4 nitrogen and oxygen atoms in total. The van der Waals surface area contributed by atoms with Gasteiger partial charge < -0.3 is 0 Å². The van der Waals surface area contributed by atoms with Crippen molar-refractivity contribution in [3.8, 4) is 0 Å². The predicted octanol–water partition coefficient (Wildman–Crippen LogP) is 4.06. The maximum absolute atomic E-state index is 11.6. The largest absolute Gasteiger partial charge is 0.328 e. The average molecular weight is 406 g/mol. The lowest BCUT2D eigenvalue weighted by Crippen LogP contribution is -2.30. The Bertz CT molecular complexity index is 508. The van der Waals surface area contributed by atoms with E-state index >= 15 is 0 Å². The second kappa shape index (κ2) is 11.0. The fourth-order valence-corrected chi connectivity index (χ4v) is 2.89. The summed E-state index contributed by atoms with van der Waals surface area (Å²) in [6.45, 7) is 2.94. The number of nitrogens with zero attached hydrogens (tertiary/aromatic N) is 1. The summed E-state index contributed by atoms with van der Waals surface area (Å²) < 4.78 is 2.17. The van der Waals surface area contributed by atoms with Crippen molar-refractivity contribution < 1.29 is 0 Å². The number of aromatic amines is 1. The van der Waals surface area contributed by atoms with Gasteiger partial charge in [-0.25, -0.2) is 4.79 Å². The van der Waals surface area contributed by atoms with E-state index in [-0.39, 0.29) is 11.2 Å². The molecule has 1 aromatic rings. The molecule has 0 atom stereocenters.